The topological polar surface area (TPSA) is 36.7 Å². The van der Waals surface area contributed by atoms with Gasteiger partial charge in [0.2, 0.25) is 0 Å². The second-order valence-corrected chi connectivity index (χ2v) is 2.68. The van der Waals surface area contributed by atoms with Gasteiger partial charge in [0.05, 0.1) is 5.56 Å². The van der Waals surface area contributed by atoms with Crippen molar-refractivity contribution in [1.29, 1.82) is 5.26 Å². The lowest BCUT2D eigenvalue weighted by Gasteiger charge is -2.01. The average Bonchev–Trinajstić information content (AvgIpc) is 2.01. The van der Waals surface area contributed by atoms with Crippen LogP contribution in [0.4, 0.5) is 0 Å². The zero-order valence-corrected chi connectivity index (χ0v) is 7.11. The summed E-state index contributed by atoms with van der Waals surface area (Å²) in [5, 5.41) is 9.07. The molecular weight excluding hydrogens is 160 g/mol. The summed E-state index contributed by atoms with van der Waals surface area (Å²) in [4.78, 5) is 3.85. The minimum Gasteiger partial charge on any atom is -0.243 e. The minimum atomic E-state index is 0.474. The fraction of sp³-hybridized carbons (Fsp3) is 0.250. The lowest BCUT2D eigenvalue weighted by molar-refractivity contribution is 1.19. The van der Waals surface area contributed by atoms with Crippen LogP contribution in [-0.2, 0) is 0 Å². The fourth-order valence-electron chi connectivity index (χ4n) is 0.784. The Kier molecular flexibility index (Phi) is 2.11. The lowest BCUT2D eigenvalue weighted by Crippen LogP contribution is -1.90. The van der Waals surface area contributed by atoms with E-state index in [1.165, 1.54) is 6.20 Å². The highest BCUT2D eigenvalue weighted by molar-refractivity contribution is 6.30. The van der Waals surface area contributed by atoms with E-state index < -0.39 is 0 Å². The van der Waals surface area contributed by atoms with Crippen LogP contribution in [0.5, 0.6) is 0 Å². The normalized spacial score (nSPS) is 9.27. The molecule has 0 radical (unpaired) electrons. The van der Waals surface area contributed by atoms with Gasteiger partial charge in [0, 0.05) is 6.20 Å². The van der Waals surface area contributed by atoms with Crippen LogP contribution in [-0.4, -0.2) is 4.98 Å². The van der Waals surface area contributed by atoms with Crippen LogP contribution in [0, 0.1) is 25.2 Å². The van der Waals surface area contributed by atoms with Crippen LogP contribution in [0.15, 0.2) is 6.20 Å². The van der Waals surface area contributed by atoms with Crippen LogP contribution in [0.3, 0.4) is 0 Å². The van der Waals surface area contributed by atoms with E-state index in [0.29, 0.717) is 10.7 Å². The number of aromatic nitrogens is 1. The fourth-order valence-corrected chi connectivity index (χ4v) is 0.975. The number of halogens is 1. The number of hydrogen-bond acceptors (Lipinski definition) is 2. The Morgan fingerprint density at radius 2 is 2.09 bits per heavy atom. The van der Waals surface area contributed by atoms with E-state index in [2.05, 4.69) is 4.98 Å². The zero-order valence-electron chi connectivity index (χ0n) is 6.35. The first kappa shape index (κ1) is 8.03. The molecule has 56 valence electrons. The van der Waals surface area contributed by atoms with Gasteiger partial charge in [0.1, 0.15) is 11.2 Å². The number of nitriles is 1. The van der Waals surface area contributed by atoms with Gasteiger partial charge < -0.3 is 0 Å². The van der Waals surface area contributed by atoms with Crippen LogP contribution >= 0.6 is 11.6 Å². The molecule has 11 heavy (non-hydrogen) atoms. The SMILES string of the molecule is Cc1c(C#N)cnc(Cl)c1C. The van der Waals surface area contributed by atoms with E-state index in [0.717, 1.165) is 11.1 Å². The molecule has 3 heteroatoms. The van der Waals surface area contributed by atoms with E-state index in [9.17, 15) is 0 Å². The predicted molar refractivity (Wildman–Crippen MR) is 43.4 cm³/mol. The molecule has 0 amide bonds. The summed E-state index contributed by atoms with van der Waals surface area (Å²) in [7, 11) is 0. The molecule has 1 rings (SSSR count). The smallest absolute Gasteiger partial charge is 0.132 e. The van der Waals surface area contributed by atoms with Gasteiger partial charge in [0.15, 0.2) is 0 Å². The molecule has 0 N–H and O–H groups in total. The predicted octanol–water partition coefficient (Wildman–Crippen LogP) is 2.22. The molecule has 0 bridgehead atoms. The van der Waals surface area contributed by atoms with Crippen molar-refractivity contribution in [2.75, 3.05) is 0 Å². The molecule has 0 saturated carbocycles. The Balaban J connectivity index is 3.40. The van der Waals surface area contributed by atoms with Gasteiger partial charge in [-0.25, -0.2) is 4.98 Å². The molecule has 0 aliphatic rings. The molecule has 0 atom stereocenters. The van der Waals surface area contributed by atoms with Gasteiger partial charge in [0.25, 0.3) is 0 Å². The quantitative estimate of drug-likeness (QED) is 0.555. The van der Waals surface area contributed by atoms with Gasteiger partial charge in [-0.1, -0.05) is 11.6 Å². The highest BCUT2D eigenvalue weighted by Crippen LogP contribution is 2.17. The first-order valence-electron chi connectivity index (χ1n) is 3.18. The van der Waals surface area contributed by atoms with E-state index in [-0.39, 0.29) is 0 Å². The van der Waals surface area contributed by atoms with Gasteiger partial charge in [-0.3, -0.25) is 0 Å². The average molecular weight is 167 g/mol. The third kappa shape index (κ3) is 1.33. The summed E-state index contributed by atoms with van der Waals surface area (Å²) in [6.07, 6.45) is 1.49. The summed E-state index contributed by atoms with van der Waals surface area (Å²) in [5.41, 5.74) is 2.38. The second-order valence-electron chi connectivity index (χ2n) is 2.32. The van der Waals surface area contributed by atoms with Crippen molar-refractivity contribution in [2.24, 2.45) is 0 Å². The van der Waals surface area contributed by atoms with Crippen molar-refractivity contribution in [3.63, 3.8) is 0 Å². The molecule has 0 spiro atoms. The van der Waals surface area contributed by atoms with E-state index in [1.807, 2.05) is 19.9 Å². The standard InChI is InChI=1S/C8H7ClN2/c1-5-6(2)8(9)11-4-7(5)3-10/h4H,1-2H3. The van der Waals surface area contributed by atoms with E-state index in [4.69, 9.17) is 16.9 Å². The van der Waals surface area contributed by atoms with Crippen LogP contribution in [0.25, 0.3) is 0 Å². The number of rotatable bonds is 0. The van der Waals surface area contributed by atoms with Crippen molar-refractivity contribution in [1.82, 2.24) is 4.98 Å². The lowest BCUT2D eigenvalue weighted by atomic mass is 10.1. The first-order valence-corrected chi connectivity index (χ1v) is 3.56. The highest BCUT2D eigenvalue weighted by atomic mass is 35.5. The monoisotopic (exact) mass is 166 g/mol. The molecule has 0 unspecified atom stereocenters. The summed E-state index contributed by atoms with van der Waals surface area (Å²) in [6, 6.07) is 2.04. The molecule has 0 saturated heterocycles. The zero-order chi connectivity index (χ0) is 8.43. The van der Waals surface area contributed by atoms with E-state index >= 15 is 0 Å². The van der Waals surface area contributed by atoms with Crippen molar-refractivity contribution < 1.29 is 0 Å². The Labute approximate surface area is 70.4 Å². The third-order valence-corrected chi connectivity index (χ3v) is 2.08. The molecule has 0 fully saturated rings. The summed E-state index contributed by atoms with van der Waals surface area (Å²) < 4.78 is 0. The maximum atomic E-state index is 8.60. The number of hydrogen-bond donors (Lipinski definition) is 0. The summed E-state index contributed by atoms with van der Waals surface area (Å²) >= 11 is 5.72. The molecule has 1 aromatic rings. The second kappa shape index (κ2) is 2.89. The van der Waals surface area contributed by atoms with Gasteiger partial charge in [-0.2, -0.15) is 5.26 Å². The molecule has 0 aliphatic heterocycles. The van der Waals surface area contributed by atoms with Crippen LogP contribution in [0.2, 0.25) is 5.15 Å². The van der Waals surface area contributed by atoms with E-state index in [1.54, 1.807) is 0 Å². The maximum Gasteiger partial charge on any atom is 0.132 e. The Hall–Kier alpha value is -1.07. The third-order valence-electron chi connectivity index (χ3n) is 1.70. The van der Waals surface area contributed by atoms with Crippen LogP contribution < -0.4 is 0 Å². The molecular formula is C8H7ClN2. The molecule has 0 aliphatic carbocycles. The Morgan fingerprint density at radius 3 is 2.64 bits per heavy atom. The van der Waals surface area contributed by atoms with Gasteiger partial charge in [-0.15, -0.1) is 0 Å². The van der Waals surface area contributed by atoms with Crippen molar-refractivity contribution >= 4 is 11.6 Å². The molecule has 1 heterocycles. The Morgan fingerprint density at radius 1 is 1.45 bits per heavy atom. The summed E-state index contributed by atoms with van der Waals surface area (Å²) in [6.45, 7) is 3.72. The first-order chi connectivity index (χ1) is 5.16. The van der Waals surface area contributed by atoms with Crippen molar-refractivity contribution in [3.05, 3.63) is 28.0 Å². The largest absolute Gasteiger partial charge is 0.243 e. The maximum absolute atomic E-state index is 8.60. The molecule has 2 nitrogen and oxygen atoms in total. The molecule has 1 aromatic heterocycles. The van der Waals surface area contributed by atoms with Crippen LogP contribution in [0.1, 0.15) is 16.7 Å². The molecule has 0 aromatic carbocycles. The van der Waals surface area contributed by atoms with Gasteiger partial charge >= 0.3 is 0 Å². The summed E-state index contributed by atoms with van der Waals surface area (Å²) in [5.74, 6) is 0. The van der Waals surface area contributed by atoms with Gasteiger partial charge in [-0.05, 0) is 25.0 Å². The Bertz CT molecular complexity index is 326. The van der Waals surface area contributed by atoms with Crippen molar-refractivity contribution in [2.45, 2.75) is 13.8 Å². The van der Waals surface area contributed by atoms with Crippen molar-refractivity contribution in [3.8, 4) is 6.07 Å². The minimum absolute atomic E-state index is 0.474. The number of nitrogens with zero attached hydrogens (tertiary/aromatic N) is 2. The highest BCUT2D eigenvalue weighted by Gasteiger charge is 2.04. The number of pyridine rings is 1.